The molecule has 1 rings (SSSR count). The molecule has 16 heavy (non-hydrogen) atoms. The fourth-order valence-corrected chi connectivity index (χ4v) is 2.78. The summed E-state index contributed by atoms with van der Waals surface area (Å²) in [5.41, 5.74) is 5.44. The van der Waals surface area contributed by atoms with Crippen LogP contribution < -0.4 is 11.1 Å². The van der Waals surface area contributed by atoms with Crippen molar-refractivity contribution in [3.63, 3.8) is 0 Å². The number of amides is 1. The molecule has 0 spiro atoms. The van der Waals surface area contributed by atoms with Gasteiger partial charge in [0, 0.05) is 19.1 Å². The van der Waals surface area contributed by atoms with E-state index in [0.717, 1.165) is 32.4 Å². The van der Waals surface area contributed by atoms with E-state index in [1.807, 2.05) is 14.0 Å². The van der Waals surface area contributed by atoms with Crippen molar-refractivity contribution in [3.05, 3.63) is 0 Å². The fraction of sp³-hybridized carbons (Fsp3) is 0.917. The molecule has 1 fully saturated rings. The summed E-state index contributed by atoms with van der Waals surface area (Å²) >= 11 is 0. The molecular weight excluding hydrogens is 202 g/mol. The fourth-order valence-electron chi connectivity index (χ4n) is 2.78. The van der Waals surface area contributed by atoms with Crippen LogP contribution in [0, 0.1) is 5.92 Å². The first-order valence-corrected chi connectivity index (χ1v) is 6.34. The first kappa shape index (κ1) is 13.5. The Hall–Kier alpha value is -0.610. The van der Waals surface area contributed by atoms with E-state index < -0.39 is 0 Å². The summed E-state index contributed by atoms with van der Waals surface area (Å²) in [6, 6.07) is 0.512. The second kappa shape index (κ2) is 6.21. The Labute approximate surface area is 98.6 Å². The van der Waals surface area contributed by atoms with Crippen LogP contribution in [0.15, 0.2) is 0 Å². The first-order chi connectivity index (χ1) is 7.63. The molecule has 1 saturated heterocycles. The summed E-state index contributed by atoms with van der Waals surface area (Å²) in [4.78, 5) is 13.6. The van der Waals surface area contributed by atoms with Crippen molar-refractivity contribution >= 4 is 5.91 Å². The lowest BCUT2D eigenvalue weighted by molar-refractivity contribution is -0.124. The van der Waals surface area contributed by atoms with Crippen LogP contribution >= 0.6 is 0 Å². The molecule has 1 heterocycles. The van der Waals surface area contributed by atoms with E-state index in [0.29, 0.717) is 12.0 Å². The quantitative estimate of drug-likeness (QED) is 0.722. The Morgan fingerprint density at radius 3 is 2.69 bits per heavy atom. The molecule has 3 atom stereocenters. The number of hydrogen-bond donors (Lipinski definition) is 2. The molecular formula is C12H25N3O. The van der Waals surface area contributed by atoms with Crippen LogP contribution in [-0.2, 0) is 4.79 Å². The molecule has 0 aliphatic carbocycles. The Kier molecular flexibility index (Phi) is 5.22. The number of hydrogen-bond acceptors (Lipinski definition) is 3. The minimum absolute atomic E-state index is 0.0770. The molecule has 0 saturated carbocycles. The van der Waals surface area contributed by atoms with Crippen LogP contribution in [0.1, 0.15) is 33.1 Å². The Morgan fingerprint density at radius 2 is 2.25 bits per heavy atom. The number of carbonyl (C=O) groups is 1. The topological polar surface area (TPSA) is 58.4 Å². The van der Waals surface area contributed by atoms with E-state index in [1.54, 1.807) is 0 Å². The Morgan fingerprint density at radius 1 is 1.56 bits per heavy atom. The number of nitrogens with two attached hydrogens (primary N) is 1. The Bertz CT molecular complexity index is 232. The lowest BCUT2D eigenvalue weighted by Crippen LogP contribution is -2.54. The van der Waals surface area contributed by atoms with Crippen molar-refractivity contribution in [1.29, 1.82) is 0 Å². The zero-order chi connectivity index (χ0) is 12.1. The van der Waals surface area contributed by atoms with Gasteiger partial charge in [-0.15, -0.1) is 0 Å². The standard InChI is InChI=1S/C12H25N3O/c1-4-9-8-15(7-6-10(9)14-3)11(5-2)12(13)16/h9-11,14H,4-8H2,1-3H3,(H2,13,16). The van der Waals surface area contributed by atoms with Crippen molar-refractivity contribution < 1.29 is 4.79 Å². The monoisotopic (exact) mass is 227 g/mol. The maximum Gasteiger partial charge on any atom is 0.234 e. The highest BCUT2D eigenvalue weighted by Crippen LogP contribution is 2.22. The molecule has 0 aromatic rings. The van der Waals surface area contributed by atoms with E-state index in [9.17, 15) is 4.79 Å². The molecule has 1 aliphatic heterocycles. The lowest BCUT2D eigenvalue weighted by atomic mass is 9.89. The minimum atomic E-state index is -0.180. The van der Waals surface area contributed by atoms with Crippen LogP contribution in [0.2, 0.25) is 0 Å². The van der Waals surface area contributed by atoms with E-state index in [1.165, 1.54) is 0 Å². The largest absolute Gasteiger partial charge is 0.368 e. The van der Waals surface area contributed by atoms with Crippen molar-refractivity contribution in [2.45, 2.75) is 45.2 Å². The molecule has 4 heteroatoms. The predicted octanol–water partition coefficient (Wildman–Crippen LogP) is 0.570. The van der Waals surface area contributed by atoms with E-state index in [4.69, 9.17) is 5.73 Å². The maximum absolute atomic E-state index is 11.3. The van der Waals surface area contributed by atoms with Crippen molar-refractivity contribution in [2.75, 3.05) is 20.1 Å². The summed E-state index contributed by atoms with van der Waals surface area (Å²) < 4.78 is 0. The number of primary amides is 1. The molecule has 1 amide bonds. The van der Waals surface area contributed by atoms with Gasteiger partial charge in [-0.25, -0.2) is 0 Å². The number of piperidine rings is 1. The molecule has 1 aliphatic rings. The van der Waals surface area contributed by atoms with Crippen molar-refractivity contribution in [1.82, 2.24) is 10.2 Å². The number of likely N-dealkylation sites (tertiary alicyclic amines) is 1. The molecule has 0 aromatic heterocycles. The van der Waals surface area contributed by atoms with Crippen molar-refractivity contribution in [2.24, 2.45) is 11.7 Å². The van der Waals surface area contributed by atoms with Gasteiger partial charge >= 0.3 is 0 Å². The molecule has 94 valence electrons. The predicted molar refractivity (Wildman–Crippen MR) is 66.1 cm³/mol. The molecule has 3 N–H and O–H groups in total. The zero-order valence-electron chi connectivity index (χ0n) is 10.7. The molecule has 0 aromatic carbocycles. The van der Waals surface area contributed by atoms with Crippen LogP contribution in [0.5, 0.6) is 0 Å². The lowest BCUT2D eigenvalue weighted by Gasteiger charge is -2.40. The van der Waals surface area contributed by atoms with E-state index in [-0.39, 0.29) is 11.9 Å². The third-order valence-corrected chi connectivity index (χ3v) is 3.82. The van der Waals surface area contributed by atoms with Gasteiger partial charge in [-0.2, -0.15) is 0 Å². The second-order valence-electron chi connectivity index (χ2n) is 4.67. The van der Waals surface area contributed by atoms with Gasteiger partial charge in [0.2, 0.25) is 5.91 Å². The van der Waals surface area contributed by atoms with Crippen LogP contribution in [0.25, 0.3) is 0 Å². The highest BCUT2D eigenvalue weighted by molar-refractivity contribution is 5.79. The minimum Gasteiger partial charge on any atom is -0.368 e. The summed E-state index contributed by atoms with van der Waals surface area (Å²) in [5.74, 6) is 0.451. The first-order valence-electron chi connectivity index (χ1n) is 6.34. The highest BCUT2D eigenvalue weighted by Gasteiger charge is 2.31. The summed E-state index contributed by atoms with van der Waals surface area (Å²) in [6.07, 6.45) is 3.08. The molecule has 0 bridgehead atoms. The van der Waals surface area contributed by atoms with Crippen LogP contribution in [0.4, 0.5) is 0 Å². The average Bonchev–Trinajstić information content (AvgIpc) is 2.29. The van der Waals surface area contributed by atoms with Gasteiger partial charge < -0.3 is 11.1 Å². The third kappa shape index (κ3) is 2.95. The molecule has 0 radical (unpaired) electrons. The SMILES string of the molecule is CCC1CN(C(CC)C(N)=O)CCC1NC. The average molecular weight is 227 g/mol. The van der Waals surface area contributed by atoms with Gasteiger partial charge in [-0.1, -0.05) is 20.3 Å². The normalized spacial score (nSPS) is 28.9. The number of rotatable bonds is 5. The Balaban J connectivity index is 2.62. The van der Waals surface area contributed by atoms with Gasteiger partial charge in [-0.3, -0.25) is 9.69 Å². The zero-order valence-corrected chi connectivity index (χ0v) is 10.7. The van der Waals surface area contributed by atoms with Gasteiger partial charge in [0.1, 0.15) is 0 Å². The third-order valence-electron chi connectivity index (χ3n) is 3.82. The molecule has 4 nitrogen and oxygen atoms in total. The van der Waals surface area contributed by atoms with Crippen LogP contribution in [0.3, 0.4) is 0 Å². The van der Waals surface area contributed by atoms with Crippen LogP contribution in [-0.4, -0.2) is 43.0 Å². The molecule has 3 unspecified atom stereocenters. The number of carbonyl (C=O) groups excluding carboxylic acids is 1. The summed E-state index contributed by atoms with van der Waals surface area (Å²) in [5, 5.41) is 3.37. The van der Waals surface area contributed by atoms with Gasteiger partial charge in [-0.05, 0) is 25.8 Å². The smallest absolute Gasteiger partial charge is 0.234 e. The highest BCUT2D eigenvalue weighted by atomic mass is 16.1. The van der Waals surface area contributed by atoms with E-state index >= 15 is 0 Å². The number of nitrogens with zero attached hydrogens (tertiary/aromatic N) is 1. The number of nitrogens with one attached hydrogen (secondary N) is 1. The van der Waals surface area contributed by atoms with Crippen molar-refractivity contribution in [3.8, 4) is 0 Å². The summed E-state index contributed by atoms with van der Waals surface area (Å²) in [7, 11) is 2.02. The van der Waals surface area contributed by atoms with Gasteiger partial charge in [0.05, 0.1) is 6.04 Å². The summed E-state index contributed by atoms with van der Waals surface area (Å²) in [6.45, 7) is 6.21. The van der Waals surface area contributed by atoms with Gasteiger partial charge in [0.15, 0.2) is 0 Å². The van der Waals surface area contributed by atoms with Gasteiger partial charge in [0.25, 0.3) is 0 Å². The maximum atomic E-state index is 11.3. The second-order valence-corrected chi connectivity index (χ2v) is 4.67. The van der Waals surface area contributed by atoms with E-state index in [2.05, 4.69) is 17.1 Å².